The van der Waals surface area contributed by atoms with Crippen molar-refractivity contribution in [3.63, 3.8) is 0 Å². The molecule has 0 radical (unpaired) electrons. The first-order valence-electron chi connectivity index (χ1n) is 6.70. The maximum absolute atomic E-state index is 13.8. The molecule has 0 fully saturated rings. The van der Waals surface area contributed by atoms with Gasteiger partial charge in [0.1, 0.15) is 5.82 Å². The minimum atomic E-state index is -0.320. The Hall–Kier alpha value is -1.81. The number of thioether (sulfide) groups is 1. The van der Waals surface area contributed by atoms with Crippen LogP contribution in [0.15, 0.2) is 53.4 Å². The summed E-state index contributed by atoms with van der Waals surface area (Å²) in [6.07, 6.45) is 1.99. The van der Waals surface area contributed by atoms with Crippen molar-refractivity contribution in [2.24, 2.45) is 0 Å². The average Bonchev–Trinajstić information content (AvgIpc) is 2.53. The molecule has 2 aromatic rings. The molecule has 0 saturated carbocycles. The molecule has 0 aliphatic carbocycles. The molecule has 1 unspecified atom stereocenters. The second-order valence-electron chi connectivity index (χ2n) is 4.84. The first-order valence-corrected chi connectivity index (χ1v) is 7.92. The molecular weight excluding hydrogens is 285 g/mol. The number of halogens is 1. The quantitative estimate of drug-likeness (QED) is 0.781. The highest BCUT2D eigenvalue weighted by Crippen LogP contribution is 2.23. The van der Waals surface area contributed by atoms with Crippen molar-refractivity contribution < 1.29 is 9.18 Å². The Morgan fingerprint density at radius 2 is 1.76 bits per heavy atom. The molecule has 21 heavy (non-hydrogen) atoms. The molecule has 0 aliphatic rings. The van der Waals surface area contributed by atoms with E-state index in [0.29, 0.717) is 11.1 Å². The summed E-state index contributed by atoms with van der Waals surface area (Å²) >= 11 is 1.63. The zero-order chi connectivity index (χ0) is 15.4. The summed E-state index contributed by atoms with van der Waals surface area (Å²) in [5, 5.41) is 0. The standard InChI is InChI=1S/C17H18FNOS/c1-12(15-6-4-5-7-16(15)18)19(2)17(20)13-8-10-14(21-3)11-9-13/h4-12H,1-3H3. The van der Waals surface area contributed by atoms with Crippen molar-refractivity contribution in [2.75, 3.05) is 13.3 Å². The first-order chi connectivity index (χ1) is 10.0. The van der Waals surface area contributed by atoms with Crippen LogP contribution in [-0.2, 0) is 0 Å². The van der Waals surface area contributed by atoms with Gasteiger partial charge < -0.3 is 4.90 Å². The van der Waals surface area contributed by atoms with Crippen LogP contribution in [0.3, 0.4) is 0 Å². The molecule has 0 bridgehead atoms. The Kier molecular flexibility index (Phi) is 5.02. The van der Waals surface area contributed by atoms with Crippen molar-refractivity contribution in [1.82, 2.24) is 4.90 Å². The zero-order valence-electron chi connectivity index (χ0n) is 12.3. The molecule has 0 spiro atoms. The van der Waals surface area contributed by atoms with Gasteiger partial charge >= 0.3 is 0 Å². The Labute approximate surface area is 129 Å². The van der Waals surface area contributed by atoms with Gasteiger partial charge in [-0.05, 0) is 43.5 Å². The van der Waals surface area contributed by atoms with Gasteiger partial charge in [-0.1, -0.05) is 18.2 Å². The first kappa shape index (κ1) is 15.6. The molecule has 0 N–H and O–H groups in total. The predicted octanol–water partition coefficient (Wildman–Crippen LogP) is 4.38. The largest absolute Gasteiger partial charge is 0.335 e. The van der Waals surface area contributed by atoms with E-state index in [9.17, 15) is 9.18 Å². The van der Waals surface area contributed by atoms with Crippen LogP contribution in [0.5, 0.6) is 0 Å². The SMILES string of the molecule is CSc1ccc(C(=O)N(C)C(C)c2ccccc2F)cc1. The van der Waals surface area contributed by atoms with Crippen molar-refractivity contribution in [1.29, 1.82) is 0 Å². The minimum Gasteiger partial charge on any atom is -0.335 e. The summed E-state index contributed by atoms with van der Waals surface area (Å²) in [6, 6.07) is 13.7. The monoisotopic (exact) mass is 303 g/mol. The smallest absolute Gasteiger partial charge is 0.254 e. The molecule has 2 aromatic carbocycles. The van der Waals surface area contributed by atoms with E-state index < -0.39 is 0 Å². The molecular formula is C17H18FNOS. The molecule has 2 nitrogen and oxygen atoms in total. The lowest BCUT2D eigenvalue weighted by molar-refractivity contribution is 0.0740. The van der Waals surface area contributed by atoms with Crippen LogP contribution in [0.25, 0.3) is 0 Å². The molecule has 0 heterocycles. The Bertz CT molecular complexity index is 627. The van der Waals surface area contributed by atoms with Crippen molar-refractivity contribution in [2.45, 2.75) is 17.9 Å². The zero-order valence-corrected chi connectivity index (χ0v) is 13.2. The maximum Gasteiger partial charge on any atom is 0.254 e. The highest BCUT2D eigenvalue weighted by atomic mass is 32.2. The lowest BCUT2D eigenvalue weighted by atomic mass is 10.1. The fraction of sp³-hybridized carbons (Fsp3) is 0.235. The van der Waals surface area contributed by atoms with E-state index in [1.807, 2.05) is 25.3 Å². The van der Waals surface area contributed by atoms with E-state index in [1.54, 1.807) is 54.0 Å². The normalized spacial score (nSPS) is 12.0. The molecule has 0 aliphatic heterocycles. The van der Waals surface area contributed by atoms with Gasteiger partial charge in [-0.3, -0.25) is 4.79 Å². The van der Waals surface area contributed by atoms with Gasteiger partial charge in [0, 0.05) is 23.1 Å². The van der Waals surface area contributed by atoms with Gasteiger partial charge in [0.2, 0.25) is 0 Å². The number of hydrogen-bond donors (Lipinski definition) is 0. The van der Waals surface area contributed by atoms with E-state index in [1.165, 1.54) is 6.07 Å². The van der Waals surface area contributed by atoms with E-state index in [4.69, 9.17) is 0 Å². The summed E-state index contributed by atoms with van der Waals surface area (Å²) in [7, 11) is 1.70. The third kappa shape index (κ3) is 3.45. The second kappa shape index (κ2) is 6.76. The third-order valence-electron chi connectivity index (χ3n) is 3.59. The van der Waals surface area contributed by atoms with Crippen molar-refractivity contribution in [3.8, 4) is 0 Å². The van der Waals surface area contributed by atoms with Crippen molar-refractivity contribution in [3.05, 3.63) is 65.5 Å². The highest BCUT2D eigenvalue weighted by molar-refractivity contribution is 7.98. The Morgan fingerprint density at radius 3 is 2.33 bits per heavy atom. The summed E-state index contributed by atoms with van der Waals surface area (Å²) in [4.78, 5) is 15.1. The molecule has 2 rings (SSSR count). The van der Waals surface area contributed by atoms with Crippen LogP contribution in [-0.4, -0.2) is 24.1 Å². The second-order valence-corrected chi connectivity index (χ2v) is 5.72. The van der Waals surface area contributed by atoms with E-state index in [0.717, 1.165) is 4.90 Å². The third-order valence-corrected chi connectivity index (χ3v) is 4.34. The van der Waals surface area contributed by atoms with Crippen LogP contribution < -0.4 is 0 Å². The molecule has 110 valence electrons. The number of hydrogen-bond acceptors (Lipinski definition) is 2. The Morgan fingerprint density at radius 1 is 1.14 bits per heavy atom. The van der Waals surface area contributed by atoms with Gasteiger partial charge in [-0.15, -0.1) is 11.8 Å². The number of benzene rings is 2. The van der Waals surface area contributed by atoms with Crippen LogP contribution in [0.4, 0.5) is 4.39 Å². The lowest BCUT2D eigenvalue weighted by Gasteiger charge is -2.25. The molecule has 0 saturated heterocycles. The number of amides is 1. The van der Waals surface area contributed by atoms with Crippen LogP contribution >= 0.6 is 11.8 Å². The van der Waals surface area contributed by atoms with Gasteiger partial charge in [-0.25, -0.2) is 4.39 Å². The number of carbonyl (C=O) groups is 1. The lowest BCUT2D eigenvalue weighted by Crippen LogP contribution is -2.30. The van der Waals surface area contributed by atoms with Crippen LogP contribution in [0, 0.1) is 5.82 Å². The fourth-order valence-corrected chi connectivity index (χ4v) is 2.54. The summed E-state index contributed by atoms with van der Waals surface area (Å²) in [6.45, 7) is 1.83. The molecule has 1 atom stereocenters. The van der Waals surface area contributed by atoms with Gasteiger partial charge in [-0.2, -0.15) is 0 Å². The average molecular weight is 303 g/mol. The summed E-state index contributed by atoms with van der Waals surface area (Å²) < 4.78 is 13.8. The molecule has 1 amide bonds. The molecule has 4 heteroatoms. The highest BCUT2D eigenvalue weighted by Gasteiger charge is 2.20. The fourth-order valence-electron chi connectivity index (χ4n) is 2.14. The topological polar surface area (TPSA) is 20.3 Å². The number of rotatable bonds is 4. The molecule has 0 aromatic heterocycles. The summed E-state index contributed by atoms with van der Waals surface area (Å²) in [5.74, 6) is -0.402. The van der Waals surface area contributed by atoms with E-state index in [2.05, 4.69) is 0 Å². The maximum atomic E-state index is 13.8. The summed E-state index contributed by atoms with van der Waals surface area (Å²) in [5.41, 5.74) is 1.13. The number of carbonyl (C=O) groups excluding carboxylic acids is 1. The van der Waals surface area contributed by atoms with Crippen LogP contribution in [0.2, 0.25) is 0 Å². The minimum absolute atomic E-state index is 0.113. The Balaban J connectivity index is 2.20. The number of nitrogens with zero attached hydrogens (tertiary/aromatic N) is 1. The predicted molar refractivity (Wildman–Crippen MR) is 85.1 cm³/mol. The van der Waals surface area contributed by atoms with Crippen LogP contribution in [0.1, 0.15) is 28.9 Å². The van der Waals surface area contributed by atoms with E-state index in [-0.39, 0.29) is 17.8 Å². The van der Waals surface area contributed by atoms with E-state index >= 15 is 0 Å². The van der Waals surface area contributed by atoms with Gasteiger partial charge in [0.05, 0.1) is 6.04 Å². The van der Waals surface area contributed by atoms with Gasteiger partial charge in [0.25, 0.3) is 5.91 Å². The van der Waals surface area contributed by atoms with Crippen molar-refractivity contribution >= 4 is 17.7 Å². The van der Waals surface area contributed by atoms with Gasteiger partial charge in [0.15, 0.2) is 0 Å².